The molecule has 0 unspecified atom stereocenters. The average molecular weight is 312 g/mol. The second kappa shape index (κ2) is 7.76. The molecule has 0 nitrogen and oxygen atoms in total. The number of hydrogen-bond acceptors (Lipinski definition) is 0. The van der Waals surface area contributed by atoms with Crippen LogP contribution in [0.3, 0.4) is 0 Å². The first-order valence-corrected chi connectivity index (χ1v) is 6.65. The van der Waals surface area contributed by atoms with Crippen LogP contribution in [-0.2, 0) is 0 Å². The van der Waals surface area contributed by atoms with Crippen LogP contribution in [0.5, 0.6) is 0 Å². The zero-order valence-electron chi connectivity index (χ0n) is 9.22. The Kier molecular flexibility index (Phi) is 6.50. The number of unbranched alkanes of at least 4 members (excludes halogenated alkanes) is 4. The minimum absolute atomic E-state index is 1.03. The van der Waals surface area contributed by atoms with Crippen molar-refractivity contribution in [3.8, 4) is 11.8 Å². The van der Waals surface area contributed by atoms with E-state index in [-0.39, 0.29) is 0 Å². The van der Waals surface area contributed by atoms with Gasteiger partial charge in [0.15, 0.2) is 0 Å². The first kappa shape index (κ1) is 12.6. The van der Waals surface area contributed by atoms with Gasteiger partial charge in [0, 0.05) is 15.6 Å². The number of rotatable bonds is 4. The second-order valence-electron chi connectivity index (χ2n) is 3.62. The van der Waals surface area contributed by atoms with Gasteiger partial charge in [0.05, 0.1) is 0 Å². The lowest BCUT2D eigenvalue weighted by Gasteiger charge is -1.92. The van der Waals surface area contributed by atoms with E-state index in [9.17, 15) is 0 Å². The van der Waals surface area contributed by atoms with Gasteiger partial charge < -0.3 is 0 Å². The van der Waals surface area contributed by atoms with Crippen LogP contribution in [0, 0.1) is 15.4 Å². The van der Waals surface area contributed by atoms with E-state index in [1.54, 1.807) is 0 Å². The van der Waals surface area contributed by atoms with Crippen LogP contribution in [0.15, 0.2) is 24.3 Å². The summed E-state index contributed by atoms with van der Waals surface area (Å²) in [6, 6.07) is 8.37. The first-order chi connectivity index (χ1) is 7.33. The third-order valence-corrected chi connectivity index (χ3v) is 2.95. The molecule has 1 rings (SSSR count). The molecule has 1 aromatic rings. The van der Waals surface area contributed by atoms with Gasteiger partial charge in [-0.15, -0.1) is 0 Å². The molecule has 0 spiro atoms. The molecule has 1 aromatic carbocycles. The van der Waals surface area contributed by atoms with Crippen molar-refractivity contribution in [2.75, 3.05) is 0 Å². The molecule has 0 amide bonds. The van der Waals surface area contributed by atoms with Crippen molar-refractivity contribution in [2.45, 2.75) is 39.0 Å². The molecule has 0 aliphatic carbocycles. The summed E-state index contributed by atoms with van der Waals surface area (Å²) < 4.78 is 1.26. The van der Waals surface area contributed by atoms with Crippen molar-refractivity contribution in [3.63, 3.8) is 0 Å². The molecule has 0 atom stereocenters. The SMILES string of the molecule is CCCCCCC#Cc1ccc(I)cc1. The van der Waals surface area contributed by atoms with E-state index in [4.69, 9.17) is 0 Å². The van der Waals surface area contributed by atoms with E-state index in [0.717, 1.165) is 12.0 Å². The Labute approximate surface area is 107 Å². The van der Waals surface area contributed by atoms with Gasteiger partial charge in [-0.3, -0.25) is 0 Å². The Hall–Kier alpha value is -0.490. The van der Waals surface area contributed by atoms with Gasteiger partial charge in [0.2, 0.25) is 0 Å². The molecule has 15 heavy (non-hydrogen) atoms. The Morgan fingerprint density at radius 3 is 2.47 bits per heavy atom. The highest BCUT2D eigenvalue weighted by molar-refractivity contribution is 14.1. The van der Waals surface area contributed by atoms with Gasteiger partial charge in [-0.2, -0.15) is 0 Å². The normalized spacial score (nSPS) is 9.47. The van der Waals surface area contributed by atoms with Crippen molar-refractivity contribution in [3.05, 3.63) is 33.4 Å². The molecule has 0 radical (unpaired) electrons. The van der Waals surface area contributed by atoms with Gasteiger partial charge in [-0.05, 0) is 53.3 Å². The summed E-state index contributed by atoms with van der Waals surface area (Å²) in [6.45, 7) is 2.23. The van der Waals surface area contributed by atoms with E-state index >= 15 is 0 Å². The van der Waals surface area contributed by atoms with Crippen molar-refractivity contribution < 1.29 is 0 Å². The highest BCUT2D eigenvalue weighted by Gasteiger charge is 1.87. The van der Waals surface area contributed by atoms with Gasteiger partial charge in [0.25, 0.3) is 0 Å². The summed E-state index contributed by atoms with van der Waals surface area (Å²) in [7, 11) is 0. The van der Waals surface area contributed by atoms with Gasteiger partial charge >= 0.3 is 0 Å². The quantitative estimate of drug-likeness (QED) is 0.432. The van der Waals surface area contributed by atoms with E-state index in [2.05, 4.69) is 65.6 Å². The fourth-order valence-corrected chi connectivity index (χ4v) is 1.70. The summed E-state index contributed by atoms with van der Waals surface area (Å²) in [5, 5.41) is 0. The van der Waals surface area contributed by atoms with Gasteiger partial charge in [-0.1, -0.05) is 38.0 Å². The highest BCUT2D eigenvalue weighted by atomic mass is 127. The van der Waals surface area contributed by atoms with Gasteiger partial charge in [-0.25, -0.2) is 0 Å². The largest absolute Gasteiger partial charge is 0.0979 e. The monoisotopic (exact) mass is 312 g/mol. The summed E-state index contributed by atoms with van der Waals surface area (Å²) in [5.74, 6) is 6.42. The predicted octanol–water partition coefficient (Wildman–Crippen LogP) is 4.61. The van der Waals surface area contributed by atoms with Crippen LogP contribution in [0.2, 0.25) is 0 Å². The topological polar surface area (TPSA) is 0 Å². The third-order valence-electron chi connectivity index (χ3n) is 2.23. The smallest absolute Gasteiger partial charge is 0.0245 e. The molecule has 0 bridgehead atoms. The number of hydrogen-bond donors (Lipinski definition) is 0. The summed E-state index contributed by atoms with van der Waals surface area (Å²) in [5.41, 5.74) is 1.13. The van der Waals surface area contributed by atoms with E-state index in [1.807, 2.05) is 0 Å². The standard InChI is InChI=1S/C14H17I/c1-2-3-4-5-6-7-8-13-9-11-14(15)12-10-13/h9-12H,2-6H2,1H3. The van der Waals surface area contributed by atoms with Crippen LogP contribution in [-0.4, -0.2) is 0 Å². The maximum absolute atomic E-state index is 3.23. The maximum atomic E-state index is 3.23. The van der Waals surface area contributed by atoms with Crippen LogP contribution >= 0.6 is 22.6 Å². The first-order valence-electron chi connectivity index (χ1n) is 5.57. The molecule has 80 valence electrons. The molecule has 0 saturated carbocycles. The van der Waals surface area contributed by atoms with Gasteiger partial charge in [0.1, 0.15) is 0 Å². The lowest BCUT2D eigenvalue weighted by atomic mass is 10.1. The molecule has 0 saturated heterocycles. The van der Waals surface area contributed by atoms with Crippen LogP contribution < -0.4 is 0 Å². The molecule has 0 aliphatic rings. The highest BCUT2D eigenvalue weighted by Crippen LogP contribution is 2.06. The number of benzene rings is 1. The zero-order chi connectivity index (χ0) is 10.9. The Bertz CT molecular complexity index is 327. The molecular formula is C14H17I. The minimum atomic E-state index is 1.03. The summed E-state index contributed by atoms with van der Waals surface area (Å²) in [4.78, 5) is 0. The zero-order valence-corrected chi connectivity index (χ0v) is 11.4. The van der Waals surface area contributed by atoms with Crippen molar-refractivity contribution in [1.29, 1.82) is 0 Å². The maximum Gasteiger partial charge on any atom is 0.0245 e. The van der Waals surface area contributed by atoms with Crippen LogP contribution in [0.4, 0.5) is 0 Å². The van der Waals surface area contributed by atoms with Crippen LogP contribution in [0.25, 0.3) is 0 Å². The molecule has 0 fully saturated rings. The molecule has 1 heteroatoms. The molecule has 0 N–H and O–H groups in total. The average Bonchev–Trinajstić information content (AvgIpc) is 2.26. The second-order valence-corrected chi connectivity index (χ2v) is 4.86. The Morgan fingerprint density at radius 1 is 1.07 bits per heavy atom. The summed E-state index contributed by atoms with van der Waals surface area (Å²) >= 11 is 2.31. The third kappa shape index (κ3) is 5.84. The lowest BCUT2D eigenvalue weighted by molar-refractivity contribution is 0.679. The van der Waals surface area contributed by atoms with E-state index in [1.165, 1.54) is 29.3 Å². The van der Waals surface area contributed by atoms with Crippen LogP contribution in [0.1, 0.15) is 44.6 Å². The fraction of sp³-hybridized carbons (Fsp3) is 0.429. The Morgan fingerprint density at radius 2 is 1.80 bits per heavy atom. The number of halogens is 1. The minimum Gasteiger partial charge on any atom is -0.0979 e. The van der Waals surface area contributed by atoms with Crippen molar-refractivity contribution in [2.24, 2.45) is 0 Å². The summed E-state index contributed by atoms with van der Waals surface area (Å²) in [6.07, 6.45) is 6.23. The predicted molar refractivity (Wildman–Crippen MR) is 74.8 cm³/mol. The fourth-order valence-electron chi connectivity index (χ4n) is 1.34. The molecule has 0 heterocycles. The molecule has 0 aliphatic heterocycles. The lowest BCUT2D eigenvalue weighted by Crippen LogP contribution is -1.76. The molecule has 0 aromatic heterocycles. The van der Waals surface area contributed by atoms with Crippen molar-refractivity contribution >= 4 is 22.6 Å². The Balaban J connectivity index is 2.28. The molecular weight excluding hydrogens is 295 g/mol. The van der Waals surface area contributed by atoms with E-state index < -0.39 is 0 Å². The van der Waals surface area contributed by atoms with Crippen molar-refractivity contribution in [1.82, 2.24) is 0 Å². The van der Waals surface area contributed by atoms with E-state index in [0.29, 0.717) is 0 Å².